The van der Waals surface area contributed by atoms with Gasteiger partial charge in [0.2, 0.25) is 0 Å². The zero-order chi connectivity index (χ0) is 48.1. The van der Waals surface area contributed by atoms with Crippen LogP contribution in [0.5, 0.6) is 17.2 Å². The fourth-order valence-electron chi connectivity index (χ4n) is 5.59. The maximum absolute atomic E-state index is 13.8. The van der Waals surface area contributed by atoms with Gasteiger partial charge in [0.05, 0.1) is 16.7 Å². The first-order valence-electron chi connectivity index (χ1n) is 18.3. The van der Waals surface area contributed by atoms with Crippen LogP contribution in [0.1, 0.15) is 22.3 Å². The molecule has 6 rings (SSSR count). The van der Waals surface area contributed by atoms with E-state index in [1.165, 1.54) is 30.6 Å². The number of aryl methyl sites for hydroxylation is 1. The van der Waals surface area contributed by atoms with Crippen LogP contribution in [0.4, 0.5) is 43.9 Å². The molecule has 3 N–H and O–H groups in total. The Morgan fingerprint density at radius 2 is 0.908 bits per heavy atom. The molecule has 0 aliphatic rings. The van der Waals surface area contributed by atoms with Gasteiger partial charge in [-0.1, -0.05) is 54.1 Å². The molecule has 0 saturated heterocycles. The maximum Gasteiger partial charge on any atom is 0.416 e. The number of ether oxygens (including phenoxy) is 3. The number of carbonyl (C=O) groups is 3. The van der Waals surface area contributed by atoms with E-state index in [1.807, 2.05) is 13.0 Å². The average molecular weight is 922 g/mol. The molecule has 6 aromatic rings. The minimum absolute atomic E-state index is 0.0541. The molecule has 0 aliphatic carbocycles. The van der Waals surface area contributed by atoms with E-state index in [0.29, 0.717) is 11.1 Å². The lowest BCUT2D eigenvalue weighted by atomic mass is 10.00. The molecule has 342 valence electrons. The van der Waals surface area contributed by atoms with Gasteiger partial charge in [0.15, 0.2) is 19.8 Å². The smallest absolute Gasteiger partial charge is 0.416 e. The van der Waals surface area contributed by atoms with Gasteiger partial charge in [-0.15, -0.1) is 0 Å². The third-order valence-electron chi connectivity index (χ3n) is 8.44. The normalized spacial score (nSPS) is 11.2. The first-order chi connectivity index (χ1) is 30.4. The number of alkyl halides is 9. The van der Waals surface area contributed by atoms with Crippen molar-refractivity contribution >= 4 is 17.9 Å². The van der Waals surface area contributed by atoms with Crippen LogP contribution in [0.3, 0.4) is 0 Å². The molecule has 0 aliphatic heterocycles. The van der Waals surface area contributed by atoms with Crippen molar-refractivity contribution in [2.24, 2.45) is 0 Å². The molecular weight excluding hydrogens is 888 g/mol. The number of benzene rings is 5. The number of nitrogens with zero attached hydrogens (tertiary/aromatic N) is 1. The summed E-state index contributed by atoms with van der Waals surface area (Å²) in [6.07, 6.45) is -10.7. The van der Waals surface area contributed by atoms with Gasteiger partial charge in [0.25, 0.3) is 0 Å². The molecule has 0 unspecified atom stereocenters. The van der Waals surface area contributed by atoms with Crippen LogP contribution < -0.4 is 14.2 Å². The second-order valence-corrected chi connectivity index (χ2v) is 13.3. The topological polar surface area (TPSA) is 152 Å². The molecular formula is C45H33F10NO9. The Labute approximate surface area is 361 Å². The molecule has 65 heavy (non-hydrogen) atoms. The highest BCUT2D eigenvalue weighted by Gasteiger charge is 2.33. The van der Waals surface area contributed by atoms with Gasteiger partial charge < -0.3 is 29.5 Å². The summed E-state index contributed by atoms with van der Waals surface area (Å²) in [7, 11) is 0. The second-order valence-electron chi connectivity index (χ2n) is 13.3. The largest absolute Gasteiger partial charge is 0.481 e. The van der Waals surface area contributed by atoms with E-state index >= 15 is 0 Å². The lowest BCUT2D eigenvalue weighted by Crippen LogP contribution is -2.11. The lowest BCUT2D eigenvalue weighted by molar-refractivity contribution is -0.140. The summed E-state index contributed by atoms with van der Waals surface area (Å²) in [5.74, 6) is -4.43. The van der Waals surface area contributed by atoms with E-state index in [0.717, 1.165) is 66.2 Å². The first-order valence-corrected chi connectivity index (χ1v) is 18.3. The number of rotatable bonds is 12. The Bertz CT molecular complexity index is 2600. The van der Waals surface area contributed by atoms with E-state index < -0.39 is 78.8 Å². The predicted molar refractivity (Wildman–Crippen MR) is 213 cm³/mol. The number of hydrogen-bond donors (Lipinski definition) is 3. The zero-order valence-electron chi connectivity index (χ0n) is 33.3. The van der Waals surface area contributed by atoms with Crippen molar-refractivity contribution in [3.63, 3.8) is 0 Å². The number of hydrogen-bond acceptors (Lipinski definition) is 7. The van der Waals surface area contributed by atoms with Crippen molar-refractivity contribution in [3.8, 4) is 50.6 Å². The number of aliphatic carboxylic acids is 3. The SMILES string of the molecule is Cc1cccc(-c2cc(C(F)(F)F)ccc2OCC(=O)O)c1.O=C(O)COc1ccc(C(F)(F)F)cc1-c1ccccc1F.O=C(O)COc1ccc(C(F)(F)F)cc1-c1cccnc1. The highest BCUT2D eigenvalue weighted by Crippen LogP contribution is 2.40. The second kappa shape index (κ2) is 21.6. The monoisotopic (exact) mass is 921 g/mol. The Morgan fingerprint density at radius 1 is 0.492 bits per heavy atom. The van der Waals surface area contributed by atoms with Crippen LogP contribution in [0, 0.1) is 12.7 Å². The van der Waals surface area contributed by atoms with Gasteiger partial charge in [0, 0.05) is 40.2 Å². The van der Waals surface area contributed by atoms with Crippen molar-refractivity contribution in [1.82, 2.24) is 4.98 Å². The molecule has 1 aromatic heterocycles. The van der Waals surface area contributed by atoms with E-state index in [2.05, 4.69) is 4.98 Å². The molecule has 20 heteroatoms. The lowest BCUT2D eigenvalue weighted by Gasteiger charge is -2.14. The average Bonchev–Trinajstić information content (AvgIpc) is 3.24. The summed E-state index contributed by atoms with van der Waals surface area (Å²) >= 11 is 0. The number of carboxylic acid groups (broad SMARTS) is 3. The van der Waals surface area contributed by atoms with Crippen molar-refractivity contribution in [2.75, 3.05) is 19.8 Å². The molecule has 0 amide bonds. The van der Waals surface area contributed by atoms with Gasteiger partial charge in [-0.25, -0.2) is 18.8 Å². The highest BCUT2D eigenvalue weighted by molar-refractivity contribution is 5.76. The molecule has 0 saturated carbocycles. The minimum Gasteiger partial charge on any atom is -0.481 e. The van der Waals surface area contributed by atoms with Crippen molar-refractivity contribution in [3.05, 3.63) is 156 Å². The molecule has 0 radical (unpaired) electrons. The van der Waals surface area contributed by atoms with E-state index in [-0.39, 0.29) is 39.5 Å². The van der Waals surface area contributed by atoms with Gasteiger partial charge in [-0.2, -0.15) is 39.5 Å². The quantitative estimate of drug-likeness (QED) is 0.101. The van der Waals surface area contributed by atoms with Gasteiger partial charge in [-0.05, 0) is 79.2 Å². The Morgan fingerprint density at radius 3 is 1.31 bits per heavy atom. The van der Waals surface area contributed by atoms with E-state index in [4.69, 9.17) is 29.5 Å². The molecule has 0 fully saturated rings. The van der Waals surface area contributed by atoms with Crippen LogP contribution in [0.25, 0.3) is 33.4 Å². The number of pyridine rings is 1. The Kier molecular flexibility index (Phi) is 16.6. The molecule has 0 bridgehead atoms. The third kappa shape index (κ3) is 15.0. The summed E-state index contributed by atoms with van der Waals surface area (Å²) in [5, 5.41) is 25.9. The molecule has 0 atom stereocenters. The molecule has 5 aromatic carbocycles. The van der Waals surface area contributed by atoms with E-state index in [1.54, 1.807) is 30.3 Å². The first kappa shape index (κ1) is 50.0. The van der Waals surface area contributed by atoms with Gasteiger partial charge >= 0.3 is 36.4 Å². The zero-order valence-corrected chi connectivity index (χ0v) is 33.3. The van der Waals surface area contributed by atoms with Crippen molar-refractivity contribution < 1.29 is 87.8 Å². The van der Waals surface area contributed by atoms with Crippen molar-refractivity contribution in [2.45, 2.75) is 25.5 Å². The fraction of sp³-hybridized carbons (Fsp3) is 0.156. The van der Waals surface area contributed by atoms with Crippen molar-refractivity contribution in [1.29, 1.82) is 0 Å². The van der Waals surface area contributed by atoms with E-state index in [9.17, 15) is 58.3 Å². The highest BCUT2D eigenvalue weighted by atomic mass is 19.4. The predicted octanol–water partition coefficient (Wildman–Crippen LogP) is 11.3. The molecule has 0 spiro atoms. The number of carboxylic acids is 3. The number of aromatic nitrogens is 1. The van der Waals surface area contributed by atoms with Crippen LogP contribution in [-0.2, 0) is 32.9 Å². The Balaban J connectivity index is 0.000000213. The van der Waals surface area contributed by atoms with Crippen LogP contribution in [0.15, 0.2) is 128 Å². The van der Waals surface area contributed by atoms with Gasteiger partial charge in [0.1, 0.15) is 23.1 Å². The maximum atomic E-state index is 13.8. The third-order valence-corrected chi connectivity index (χ3v) is 8.44. The summed E-state index contributed by atoms with van der Waals surface area (Å²) in [6.45, 7) is -0.190. The minimum atomic E-state index is -4.61. The van der Waals surface area contributed by atoms with Crippen LogP contribution in [0.2, 0.25) is 0 Å². The van der Waals surface area contributed by atoms with Crippen LogP contribution in [-0.4, -0.2) is 58.0 Å². The molecule has 10 nitrogen and oxygen atoms in total. The fourth-order valence-corrected chi connectivity index (χ4v) is 5.59. The summed E-state index contributed by atoms with van der Waals surface area (Å²) in [6, 6.07) is 23.6. The summed E-state index contributed by atoms with van der Waals surface area (Å²) in [5.41, 5.74) is -0.735. The molecule has 1 heterocycles. The summed E-state index contributed by atoms with van der Waals surface area (Å²) < 4.78 is 144. The Hall–Kier alpha value is -7.64. The van der Waals surface area contributed by atoms with Gasteiger partial charge in [-0.3, -0.25) is 4.98 Å². The number of halogens is 10. The standard InChI is InChI=1S/C16H13F3O3.C15H10F4O3.C14H10F3NO3/c1-10-3-2-4-11(7-10)13-8-12(16(17,18)19)5-6-14(13)22-9-15(20)21;16-12-4-2-1-3-10(12)11-7-9(15(17,18)19)5-6-13(11)22-8-14(20)21;15-14(16,17)10-3-4-12(21-8-13(19)20)11(6-10)9-2-1-5-18-7-9/h2-8H,9H2,1H3,(H,20,21);1-7H,8H2,(H,20,21);1-7H,8H2,(H,19,20). The van der Waals surface area contributed by atoms with Crippen LogP contribution >= 0.6 is 0 Å². The summed E-state index contributed by atoms with van der Waals surface area (Å²) in [4.78, 5) is 35.5.